The summed E-state index contributed by atoms with van der Waals surface area (Å²) in [7, 11) is 3.23. The van der Waals surface area contributed by atoms with Crippen LogP contribution in [0.15, 0.2) is 12.1 Å². The van der Waals surface area contributed by atoms with Crippen LogP contribution in [-0.4, -0.2) is 75.4 Å². The molecule has 3 N–H and O–H groups in total. The fourth-order valence-electron chi connectivity index (χ4n) is 7.24. The van der Waals surface area contributed by atoms with Gasteiger partial charge in [0.1, 0.15) is 5.75 Å². The minimum absolute atomic E-state index is 0.0527. The van der Waals surface area contributed by atoms with E-state index in [-0.39, 0.29) is 23.7 Å². The third kappa shape index (κ3) is 4.43. The SMILES string of the molecule is CCCC(C)(C)NC(=O)C1C(=O)[C@H](N(C)C)[C@H]2C[C@H]3Cc4c(C(C)C)ccc(O)c4C(=O)C3C(=O)[C@@]2(O)C1=O. The molecular formula is C30H40N2O7. The lowest BCUT2D eigenvalue weighted by Crippen LogP contribution is -2.74. The molecule has 1 aromatic carbocycles. The molecule has 1 amide bonds. The smallest absolute Gasteiger partial charge is 0.238 e. The second-order valence-corrected chi connectivity index (χ2v) is 12.7. The molecule has 2 saturated carbocycles. The number of rotatable bonds is 6. The minimum atomic E-state index is -2.68. The first-order chi connectivity index (χ1) is 18.1. The van der Waals surface area contributed by atoms with Gasteiger partial charge in [0.15, 0.2) is 34.7 Å². The van der Waals surface area contributed by atoms with Gasteiger partial charge in [-0.15, -0.1) is 0 Å². The van der Waals surface area contributed by atoms with E-state index in [1.165, 1.54) is 6.07 Å². The van der Waals surface area contributed by atoms with E-state index >= 15 is 0 Å². The summed E-state index contributed by atoms with van der Waals surface area (Å²) >= 11 is 0. The van der Waals surface area contributed by atoms with Crippen molar-refractivity contribution in [3.8, 4) is 5.75 Å². The summed E-state index contributed by atoms with van der Waals surface area (Å²) in [5.41, 5.74) is -1.79. The molecule has 9 nitrogen and oxygen atoms in total. The van der Waals surface area contributed by atoms with Crippen LogP contribution in [0.4, 0.5) is 0 Å². The number of amides is 1. The van der Waals surface area contributed by atoms with Crippen LogP contribution in [-0.2, 0) is 25.6 Å². The Kier molecular flexibility index (Phi) is 7.40. The third-order valence-electron chi connectivity index (χ3n) is 8.92. The van der Waals surface area contributed by atoms with Gasteiger partial charge < -0.3 is 15.5 Å². The van der Waals surface area contributed by atoms with E-state index in [2.05, 4.69) is 5.32 Å². The van der Waals surface area contributed by atoms with Crippen LogP contribution in [0.1, 0.15) is 81.3 Å². The lowest BCUT2D eigenvalue weighted by atomic mass is 9.52. The number of aromatic hydroxyl groups is 1. The zero-order valence-corrected chi connectivity index (χ0v) is 23.8. The normalized spacial score (nSPS) is 30.8. The second kappa shape index (κ2) is 9.93. The number of nitrogens with one attached hydrogen (secondary N) is 1. The van der Waals surface area contributed by atoms with E-state index in [4.69, 9.17) is 0 Å². The Bertz CT molecular complexity index is 1250. The van der Waals surface area contributed by atoms with E-state index in [9.17, 15) is 34.2 Å². The van der Waals surface area contributed by atoms with Gasteiger partial charge in [0.25, 0.3) is 0 Å². The molecule has 2 fully saturated rings. The predicted molar refractivity (Wildman–Crippen MR) is 143 cm³/mol. The molecule has 0 spiro atoms. The molecule has 0 aliphatic heterocycles. The average Bonchev–Trinajstić information content (AvgIpc) is 2.80. The fourth-order valence-corrected chi connectivity index (χ4v) is 7.24. The molecule has 3 aliphatic carbocycles. The van der Waals surface area contributed by atoms with Crippen molar-refractivity contribution in [1.82, 2.24) is 10.2 Å². The summed E-state index contributed by atoms with van der Waals surface area (Å²) in [4.78, 5) is 70.3. The number of carbonyl (C=O) groups excluding carboxylic acids is 5. The molecule has 2 unspecified atom stereocenters. The number of phenolic OH excluding ortho intramolecular Hbond substituents is 1. The summed E-state index contributed by atoms with van der Waals surface area (Å²) < 4.78 is 0. The Labute approximate surface area is 229 Å². The Morgan fingerprint density at radius 2 is 1.79 bits per heavy atom. The number of nitrogens with zero attached hydrogens (tertiary/aromatic N) is 1. The zero-order valence-electron chi connectivity index (χ0n) is 23.8. The van der Waals surface area contributed by atoms with Gasteiger partial charge in [-0.1, -0.05) is 33.3 Å². The van der Waals surface area contributed by atoms with Gasteiger partial charge in [0.2, 0.25) is 5.91 Å². The molecule has 1 aromatic rings. The summed E-state index contributed by atoms with van der Waals surface area (Å²) in [5.74, 6) is -9.36. The maximum atomic E-state index is 14.1. The van der Waals surface area contributed by atoms with Crippen LogP contribution in [0.3, 0.4) is 0 Å². The molecule has 212 valence electrons. The van der Waals surface area contributed by atoms with Gasteiger partial charge in [-0.3, -0.25) is 28.9 Å². The van der Waals surface area contributed by atoms with Gasteiger partial charge in [-0.2, -0.15) is 0 Å². The first-order valence-electron chi connectivity index (χ1n) is 13.8. The highest BCUT2D eigenvalue weighted by atomic mass is 16.3. The number of carbonyl (C=O) groups is 5. The van der Waals surface area contributed by atoms with Crippen molar-refractivity contribution in [3.63, 3.8) is 0 Å². The first kappa shape index (κ1) is 29.1. The van der Waals surface area contributed by atoms with Gasteiger partial charge in [-0.25, -0.2) is 0 Å². The van der Waals surface area contributed by atoms with Crippen LogP contribution < -0.4 is 5.32 Å². The first-order valence-corrected chi connectivity index (χ1v) is 13.8. The Balaban J connectivity index is 1.81. The average molecular weight is 541 g/mol. The number of benzene rings is 1. The summed E-state index contributed by atoms with van der Waals surface area (Å²) in [6.07, 6.45) is 1.71. The van der Waals surface area contributed by atoms with Gasteiger partial charge in [0, 0.05) is 11.5 Å². The Hall–Kier alpha value is -2.91. The van der Waals surface area contributed by atoms with E-state index in [0.717, 1.165) is 12.0 Å². The lowest BCUT2D eigenvalue weighted by molar-refractivity contribution is -0.181. The highest BCUT2D eigenvalue weighted by molar-refractivity contribution is 6.32. The van der Waals surface area contributed by atoms with Crippen LogP contribution in [0.2, 0.25) is 0 Å². The largest absolute Gasteiger partial charge is 0.507 e. The van der Waals surface area contributed by atoms with Crippen LogP contribution >= 0.6 is 0 Å². The number of phenols is 1. The van der Waals surface area contributed by atoms with Gasteiger partial charge in [0.05, 0.1) is 17.5 Å². The molecule has 6 atom stereocenters. The monoisotopic (exact) mass is 540 g/mol. The van der Waals surface area contributed by atoms with Crippen molar-refractivity contribution in [2.45, 2.75) is 83.4 Å². The van der Waals surface area contributed by atoms with E-state index in [1.807, 2.05) is 20.8 Å². The molecular weight excluding hydrogens is 500 g/mol. The van der Waals surface area contributed by atoms with E-state index in [1.54, 1.807) is 38.9 Å². The number of hydrogen-bond acceptors (Lipinski definition) is 8. The summed E-state index contributed by atoms with van der Waals surface area (Å²) in [6, 6.07) is 2.13. The number of likely N-dealkylation sites (N-methyl/N-ethyl adjacent to an activating group) is 1. The van der Waals surface area contributed by atoms with Gasteiger partial charge >= 0.3 is 0 Å². The third-order valence-corrected chi connectivity index (χ3v) is 8.92. The van der Waals surface area contributed by atoms with Crippen LogP contribution in [0, 0.1) is 23.7 Å². The maximum Gasteiger partial charge on any atom is 0.238 e. The second-order valence-electron chi connectivity index (χ2n) is 12.7. The standard InChI is InChI=1S/C30H40N2O7/c1-8-11-29(4,5)31-28(38)22-25(35)23(32(6)7)18-13-15-12-17-16(14(2)3)9-10-19(33)21(17)24(34)20(15)26(36)30(18,39)27(22)37/h9-10,14-15,18,20,22-23,33,39H,8,11-13H2,1-7H3,(H,31,38)/t15-,18-,20?,22?,23-,30-/m1/s1. The molecule has 39 heavy (non-hydrogen) atoms. The lowest BCUT2D eigenvalue weighted by Gasteiger charge is -2.52. The topological polar surface area (TPSA) is 141 Å². The molecule has 0 aromatic heterocycles. The Morgan fingerprint density at radius 3 is 2.36 bits per heavy atom. The highest BCUT2D eigenvalue weighted by Gasteiger charge is 2.69. The van der Waals surface area contributed by atoms with Crippen LogP contribution in [0.25, 0.3) is 0 Å². The van der Waals surface area contributed by atoms with E-state index in [0.29, 0.717) is 18.4 Å². The summed E-state index contributed by atoms with van der Waals surface area (Å²) in [6.45, 7) is 9.45. The molecule has 0 bridgehead atoms. The predicted octanol–water partition coefficient (Wildman–Crippen LogP) is 2.20. The molecule has 0 radical (unpaired) electrons. The number of Topliss-reactive ketones (excluding diaryl/α,β-unsaturated/α-hetero) is 4. The maximum absolute atomic E-state index is 14.1. The van der Waals surface area contributed by atoms with Crippen molar-refractivity contribution in [3.05, 3.63) is 28.8 Å². The van der Waals surface area contributed by atoms with Gasteiger partial charge in [-0.05, 0) is 76.2 Å². The van der Waals surface area contributed by atoms with Crippen LogP contribution in [0.5, 0.6) is 5.75 Å². The molecule has 3 aliphatic rings. The molecule has 4 rings (SSSR count). The van der Waals surface area contributed by atoms with Crippen molar-refractivity contribution in [1.29, 1.82) is 0 Å². The van der Waals surface area contributed by atoms with Crippen molar-refractivity contribution in [2.75, 3.05) is 14.1 Å². The molecule has 0 heterocycles. The fraction of sp³-hybridized carbons (Fsp3) is 0.633. The molecule has 9 heteroatoms. The number of hydrogen-bond donors (Lipinski definition) is 3. The number of fused-ring (bicyclic) bond motifs is 3. The quantitative estimate of drug-likeness (QED) is 0.467. The van der Waals surface area contributed by atoms with Crippen molar-refractivity contribution in [2.24, 2.45) is 23.7 Å². The minimum Gasteiger partial charge on any atom is -0.507 e. The highest BCUT2D eigenvalue weighted by Crippen LogP contribution is 2.51. The number of aliphatic hydroxyl groups is 1. The number of ketones is 4. The van der Waals surface area contributed by atoms with Crippen molar-refractivity contribution < 1.29 is 34.2 Å². The Morgan fingerprint density at radius 1 is 1.15 bits per heavy atom. The molecule has 0 saturated heterocycles. The summed E-state index contributed by atoms with van der Waals surface area (Å²) in [5, 5.41) is 25.3. The van der Waals surface area contributed by atoms with Crippen molar-refractivity contribution >= 4 is 29.0 Å². The van der Waals surface area contributed by atoms with E-state index < -0.39 is 69.9 Å². The zero-order chi connectivity index (χ0) is 29.2.